The quantitative estimate of drug-likeness (QED) is 0.807. The molecule has 148 valence electrons. The fraction of sp³-hybridized carbons (Fsp3) is 0.545. The Morgan fingerprint density at radius 1 is 1.32 bits per heavy atom. The lowest BCUT2D eigenvalue weighted by atomic mass is 9.72. The van der Waals surface area contributed by atoms with Crippen LogP contribution in [0.15, 0.2) is 24.4 Å². The van der Waals surface area contributed by atoms with Crippen LogP contribution in [-0.2, 0) is 11.2 Å². The first kappa shape index (κ1) is 18.1. The standard InChI is InChI=1S/C22H28N4OS/c1-3-7-25-11-14(12-26-13-20(27)24(2)22(26)28)8-17-16-5-4-6-18-21(16)15(10-23-18)9-19(17)25/h4-6,10,14,17,19,23H,3,7-9,11-13H2,1-2H3/t14?,17-,19-/m1/s1. The van der Waals surface area contributed by atoms with Crippen LogP contribution in [0.25, 0.3) is 10.9 Å². The fourth-order valence-electron chi connectivity index (χ4n) is 5.69. The maximum absolute atomic E-state index is 12.0. The number of benzene rings is 1. The van der Waals surface area contributed by atoms with E-state index >= 15 is 0 Å². The predicted octanol–water partition coefficient (Wildman–Crippen LogP) is 2.97. The number of fused-ring (bicyclic) bond motifs is 2. The van der Waals surface area contributed by atoms with E-state index in [-0.39, 0.29) is 5.91 Å². The van der Waals surface area contributed by atoms with Crippen molar-refractivity contribution in [3.8, 4) is 0 Å². The molecular weight excluding hydrogens is 368 g/mol. The van der Waals surface area contributed by atoms with Crippen molar-refractivity contribution < 1.29 is 4.79 Å². The Morgan fingerprint density at radius 2 is 2.18 bits per heavy atom. The first-order valence-electron chi connectivity index (χ1n) is 10.4. The second-order valence-electron chi connectivity index (χ2n) is 8.67. The highest BCUT2D eigenvalue weighted by atomic mass is 32.1. The van der Waals surface area contributed by atoms with Gasteiger partial charge in [-0.15, -0.1) is 0 Å². The van der Waals surface area contributed by atoms with Gasteiger partial charge in [0.05, 0.1) is 6.54 Å². The zero-order valence-electron chi connectivity index (χ0n) is 16.6. The number of thiocarbonyl (C=S) groups is 1. The molecule has 3 atom stereocenters. The second-order valence-corrected chi connectivity index (χ2v) is 9.04. The number of amides is 1. The van der Waals surface area contributed by atoms with E-state index in [0.29, 0.717) is 29.5 Å². The molecule has 0 radical (unpaired) electrons. The summed E-state index contributed by atoms with van der Waals surface area (Å²) in [5.74, 6) is 1.20. The summed E-state index contributed by atoms with van der Waals surface area (Å²) < 4.78 is 0. The molecule has 5 nitrogen and oxygen atoms in total. The normalized spacial score (nSPS) is 27.7. The minimum Gasteiger partial charge on any atom is -0.361 e. The van der Waals surface area contributed by atoms with Crippen LogP contribution in [0.3, 0.4) is 0 Å². The Bertz CT molecular complexity index is 938. The van der Waals surface area contributed by atoms with Gasteiger partial charge in [-0.05, 0) is 61.1 Å². The lowest BCUT2D eigenvalue weighted by molar-refractivity contribution is -0.124. The number of likely N-dealkylation sites (N-methyl/N-ethyl adjacent to an activating group) is 1. The van der Waals surface area contributed by atoms with Crippen LogP contribution >= 0.6 is 12.2 Å². The van der Waals surface area contributed by atoms with Gasteiger partial charge in [0.1, 0.15) is 0 Å². The van der Waals surface area contributed by atoms with Crippen molar-refractivity contribution in [2.24, 2.45) is 5.92 Å². The maximum atomic E-state index is 12.0. The van der Waals surface area contributed by atoms with Gasteiger partial charge >= 0.3 is 0 Å². The van der Waals surface area contributed by atoms with Gasteiger partial charge in [-0.25, -0.2) is 0 Å². The first-order valence-corrected chi connectivity index (χ1v) is 10.9. The van der Waals surface area contributed by atoms with Crippen molar-refractivity contribution in [3.05, 3.63) is 35.5 Å². The van der Waals surface area contributed by atoms with Crippen LogP contribution in [0.4, 0.5) is 0 Å². The van der Waals surface area contributed by atoms with Gasteiger partial charge in [0.25, 0.3) is 0 Å². The monoisotopic (exact) mass is 396 g/mol. The van der Waals surface area contributed by atoms with Crippen LogP contribution < -0.4 is 0 Å². The molecule has 2 fully saturated rings. The molecule has 0 saturated carbocycles. The number of rotatable bonds is 4. The Hall–Kier alpha value is -1.92. The number of carbonyl (C=O) groups is 1. The summed E-state index contributed by atoms with van der Waals surface area (Å²) in [6.45, 7) is 5.82. The smallest absolute Gasteiger partial charge is 0.248 e. The van der Waals surface area contributed by atoms with Crippen molar-refractivity contribution in [1.82, 2.24) is 19.7 Å². The number of nitrogens with one attached hydrogen (secondary N) is 1. The van der Waals surface area contributed by atoms with E-state index in [9.17, 15) is 4.79 Å². The van der Waals surface area contributed by atoms with E-state index < -0.39 is 0 Å². The molecule has 2 aliphatic heterocycles. The molecule has 3 heterocycles. The number of piperidine rings is 1. The number of aromatic amines is 1. The van der Waals surface area contributed by atoms with E-state index in [1.807, 2.05) is 0 Å². The molecule has 3 aliphatic rings. The van der Waals surface area contributed by atoms with Crippen molar-refractivity contribution in [2.75, 3.05) is 33.2 Å². The number of aromatic nitrogens is 1. The van der Waals surface area contributed by atoms with Crippen LogP contribution in [-0.4, -0.2) is 70.0 Å². The third-order valence-electron chi connectivity index (χ3n) is 6.91. The number of carbonyl (C=O) groups excluding carboxylic acids is 1. The molecule has 28 heavy (non-hydrogen) atoms. The van der Waals surface area contributed by atoms with Crippen molar-refractivity contribution >= 4 is 34.1 Å². The minimum atomic E-state index is 0.114. The lowest BCUT2D eigenvalue weighted by Crippen LogP contribution is -2.52. The predicted molar refractivity (Wildman–Crippen MR) is 115 cm³/mol. The molecule has 1 aromatic carbocycles. The summed E-state index contributed by atoms with van der Waals surface area (Å²) in [4.78, 5) is 22.0. The highest BCUT2D eigenvalue weighted by Crippen LogP contribution is 2.45. The molecule has 5 rings (SSSR count). The largest absolute Gasteiger partial charge is 0.361 e. The Morgan fingerprint density at radius 3 is 2.93 bits per heavy atom. The summed E-state index contributed by atoms with van der Waals surface area (Å²) in [6, 6.07) is 7.30. The third-order valence-corrected chi connectivity index (χ3v) is 7.44. The summed E-state index contributed by atoms with van der Waals surface area (Å²) in [6.07, 6.45) is 5.69. The second kappa shape index (κ2) is 6.85. The van der Waals surface area contributed by atoms with Crippen LogP contribution in [0.2, 0.25) is 0 Å². The van der Waals surface area contributed by atoms with E-state index in [2.05, 4.69) is 46.1 Å². The zero-order chi connectivity index (χ0) is 19.4. The summed E-state index contributed by atoms with van der Waals surface area (Å²) in [5.41, 5.74) is 4.25. The molecule has 6 heteroatoms. The SMILES string of the molecule is CCCN1CC(CN2CC(=O)N(C)C2=S)C[C@@H]2c3cccc4[nH]cc(c34)C[C@H]21. The lowest BCUT2D eigenvalue weighted by Gasteiger charge is -2.47. The molecular formula is C22H28N4OS. The minimum absolute atomic E-state index is 0.114. The number of hydrogen-bond donors (Lipinski definition) is 1. The van der Waals surface area contributed by atoms with Gasteiger partial charge in [0, 0.05) is 49.2 Å². The van der Waals surface area contributed by atoms with E-state index in [0.717, 1.165) is 26.1 Å². The third kappa shape index (κ3) is 2.77. The zero-order valence-corrected chi connectivity index (χ0v) is 17.5. The number of H-pyrrole nitrogens is 1. The molecule has 1 unspecified atom stereocenters. The number of likely N-dealkylation sites (tertiary alicyclic amines) is 1. The molecule has 1 N–H and O–H groups in total. The highest BCUT2D eigenvalue weighted by Gasteiger charge is 2.42. The van der Waals surface area contributed by atoms with Gasteiger partial charge in [0.15, 0.2) is 5.11 Å². The summed E-state index contributed by atoms with van der Waals surface area (Å²) >= 11 is 5.51. The molecule has 2 aromatic rings. The average Bonchev–Trinajstić information content (AvgIpc) is 3.21. The molecule has 0 bridgehead atoms. The Labute approximate surface area is 171 Å². The van der Waals surface area contributed by atoms with Crippen LogP contribution in [0.1, 0.15) is 36.8 Å². The number of hydrogen-bond acceptors (Lipinski definition) is 3. The van der Waals surface area contributed by atoms with Gasteiger partial charge in [-0.3, -0.25) is 14.6 Å². The average molecular weight is 397 g/mol. The van der Waals surface area contributed by atoms with Gasteiger partial charge in [-0.2, -0.15) is 0 Å². The van der Waals surface area contributed by atoms with E-state index in [1.165, 1.54) is 34.9 Å². The molecule has 0 spiro atoms. The van der Waals surface area contributed by atoms with Gasteiger partial charge < -0.3 is 9.88 Å². The molecule has 1 amide bonds. The number of nitrogens with zero attached hydrogens (tertiary/aromatic N) is 3. The highest BCUT2D eigenvalue weighted by molar-refractivity contribution is 7.80. The van der Waals surface area contributed by atoms with E-state index in [4.69, 9.17) is 12.2 Å². The topological polar surface area (TPSA) is 42.6 Å². The van der Waals surface area contributed by atoms with Crippen molar-refractivity contribution in [3.63, 3.8) is 0 Å². The van der Waals surface area contributed by atoms with Crippen molar-refractivity contribution in [2.45, 2.75) is 38.1 Å². The fourth-order valence-corrected chi connectivity index (χ4v) is 5.93. The molecule has 1 aromatic heterocycles. The van der Waals surface area contributed by atoms with E-state index in [1.54, 1.807) is 11.9 Å². The van der Waals surface area contributed by atoms with Crippen molar-refractivity contribution in [1.29, 1.82) is 0 Å². The first-order chi connectivity index (χ1) is 13.6. The summed E-state index contributed by atoms with van der Waals surface area (Å²) in [7, 11) is 1.79. The molecule has 2 saturated heterocycles. The maximum Gasteiger partial charge on any atom is 0.248 e. The van der Waals surface area contributed by atoms with Crippen LogP contribution in [0.5, 0.6) is 0 Å². The summed E-state index contributed by atoms with van der Waals surface area (Å²) in [5, 5.41) is 2.14. The van der Waals surface area contributed by atoms with Crippen LogP contribution in [0, 0.1) is 5.92 Å². The Kier molecular flexibility index (Phi) is 4.43. The van der Waals surface area contributed by atoms with Gasteiger partial charge in [-0.1, -0.05) is 19.1 Å². The Balaban J connectivity index is 1.45. The molecule has 1 aliphatic carbocycles. The van der Waals surface area contributed by atoms with Gasteiger partial charge in [0.2, 0.25) is 5.91 Å².